The van der Waals surface area contributed by atoms with Crippen LogP contribution in [0, 0.1) is 20.8 Å². The third-order valence-corrected chi connectivity index (χ3v) is 6.24. The van der Waals surface area contributed by atoms with Crippen molar-refractivity contribution in [2.45, 2.75) is 27.4 Å². The van der Waals surface area contributed by atoms with Crippen molar-refractivity contribution in [3.8, 4) is 5.75 Å². The Morgan fingerprint density at radius 1 is 0.971 bits per heavy atom. The van der Waals surface area contributed by atoms with Gasteiger partial charge in [0.05, 0.1) is 18.2 Å². The van der Waals surface area contributed by atoms with Crippen LogP contribution in [-0.4, -0.2) is 33.3 Å². The highest BCUT2D eigenvalue weighted by molar-refractivity contribution is 7.92. The second-order valence-electron chi connectivity index (χ2n) is 8.20. The minimum Gasteiger partial charge on any atom is -0.489 e. The van der Waals surface area contributed by atoms with E-state index in [-0.39, 0.29) is 6.54 Å². The summed E-state index contributed by atoms with van der Waals surface area (Å²) < 4.78 is 31.4. The van der Waals surface area contributed by atoms with Crippen LogP contribution in [-0.2, 0) is 21.4 Å². The number of hydrogen-bond acceptors (Lipinski definition) is 5. The van der Waals surface area contributed by atoms with Gasteiger partial charge in [0.1, 0.15) is 18.9 Å². The van der Waals surface area contributed by atoms with Crippen LogP contribution in [0.3, 0.4) is 0 Å². The Morgan fingerprint density at radius 3 is 2.24 bits per heavy atom. The first-order valence-electron chi connectivity index (χ1n) is 10.8. The van der Waals surface area contributed by atoms with E-state index in [9.17, 15) is 13.2 Å². The van der Waals surface area contributed by atoms with Gasteiger partial charge in [-0.2, -0.15) is 5.10 Å². The fourth-order valence-corrected chi connectivity index (χ4v) is 4.23. The number of nitrogens with one attached hydrogen (secondary N) is 1. The third kappa shape index (κ3) is 7.18. The SMILES string of the molecule is Cc1ccc(COc2ccc(C=NNC(=O)CN(c3ccc(C)cc3C)S(C)(=O)=O)cc2)cc1. The zero-order valence-electron chi connectivity index (χ0n) is 19.8. The van der Waals surface area contributed by atoms with E-state index in [1.54, 1.807) is 6.07 Å². The Kier molecular flexibility index (Phi) is 8.07. The molecule has 3 aromatic rings. The van der Waals surface area contributed by atoms with Gasteiger partial charge >= 0.3 is 0 Å². The predicted molar refractivity (Wildman–Crippen MR) is 136 cm³/mol. The van der Waals surface area contributed by atoms with Crippen molar-refractivity contribution in [2.24, 2.45) is 5.10 Å². The van der Waals surface area contributed by atoms with Crippen LogP contribution >= 0.6 is 0 Å². The number of hydrogen-bond donors (Lipinski definition) is 1. The maximum Gasteiger partial charge on any atom is 0.260 e. The number of carbonyl (C=O) groups excluding carboxylic acids is 1. The van der Waals surface area contributed by atoms with E-state index >= 15 is 0 Å². The van der Waals surface area contributed by atoms with Crippen LogP contribution in [0.4, 0.5) is 5.69 Å². The molecule has 0 aliphatic rings. The van der Waals surface area contributed by atoms with Crippen molar-refractivity contribution in [3.05, 3.63) is 94.5 Å². The summed E-state index contributed by atoms with van der Waals surface area (Å²) in [6, 6.07) is 20.8. The van der Waals surface area contributed by atoms with Crippen LogP contribution < -0.4 is 14.5 Å². The van der Waals surface area contributed by atoms with E-state index in [4.69, 9.17) is 4.74 Å². The number of amides is 1. The first-order valence-corrected chi connectivity index (χ1v) is 12.6. The van der Waals surface area contributed by atoms with Gasteiger partial charge in [-0.15, -0.1) is 0 Å². The Morgan fingerprint density at radius 2 is 1.62 bits per heavy atom. The van der Waals surface area contributed by atoms with E-state index in [1.165, 1.54) is 11.8 Å². The second-order valence-corrected chi connectivity index (χ2v) is 10.1. The maximum absolute atomic E-state index is 12.4. The Bertz CT molecular complexity index is 1270. The molecular formula is C26H29N3O4S. The lowest BCUT2D eigenvalue weighted by molar-refractivity contribution is -0.119. The summed E-state index contributed by atoms with van der Waals surface area (Å²) in [6.07, 6.45) is 2.56. The molecule has 0 atom stereocenters. The summed E-state index contributed by atoms with van der Waals surface area (Å²) in [5.41, 5.74) is 7.69. The highest BCUT2D eigenvalue weighted by Crippen LogP contribution is 2.23. The monoisotopic (exact) mass is 479 g/mol. The van der Waals surface area contributed by atoms with Gasteiger partial charge in [-0.25, -0.2) is 13.8 Å². The van der Waals surface area contributed by atoms with E-state index in [0.29, 0.717) is 12.3 Å². The second kappa shape index (κ2) is 11.0. The first-order chi connectivity index (χ1) is 16.1. The maximum atomic E-state index is 12.4. The minimum atomic E-state index is -3.65. The standard InChI is InChI=1S/C26H29N3O4S/c1-19-5-8-23(9-6-19)18-33-24-12-10-22(11-13-24)16-27-28-26(30)17-29(34(4,31)32)25-14-7-20(2)15-21(25)3/h5-16H,17-18H2,1-4H3,(H,28,30). The van der Waals surface area contributed by atoms with Crippen LogP contribution in [0.5, 0.6) is 5.75 Å². The molecule has 0 unspecified atom stereocenters. The van der Waals surface area contributed by atoms with Gasteiger partial charge < -0.3 is 4.74 Å². The van der Waals surface area contributed by atoms with Gasteiger partial charge in [0, 0.05) is 0 Å². The van der Waals surface area contributed by atoms with E-state index in [0.717, 1.165) is 38.6 Å². The fourth-order valence-electron chi connectivity index (χ4n) is 3.31. The topological polar surface area (TPSA) is 88.1 Å². The number of rotatable bonds is 9. The van der Waals surface area contributed by atoms with Crippen LogP contribution in [0.2, 0.25) is 0 Å². The molecule has 0 aliphatic heterocycles. The summed E-state index contributed by atoms with van der Waals surface area (Å²) in [5, 5.41) is 3.95. The molecule has 0 saturated carbocycles. The summed E-state index contributed by atoms with van der Waals surface area (Å²) in [7, 11) is -3.65. The number of hydrazone groups is 1. The lowest BCUT2D eigenvalue weighted by atomic mass is 10.1. The normalized spacial score (nSPS) is 11.4. The highest BCUT2D eigenvalue weighted by atomic mass is 32.2. The van der Waals surface area contributed by atoms with Gasteiger partial charge in [-0.3, -0.25) is 9.10 Å². The number of carbonyl (C=O) groups is 1. The molecule has 8 heteroatoms. The molecule has 178 valence electrons. The number of nitrogens with zero attached hydrogens (tertiary/aromatic N) is 2. The lowest BCUT2D eigenvalue weighted by Crippen LogP contribution is -2.39. The molecule has 7 nitrogen and oxygen atoms in total. The lowest BCUT2D eigenvalue weighted by Gasteiger charge is -2.23. The smallest absolute Gasteiger partial charge is 0.260 e. The predicted octanol–water partition coefficient (Wildman–Crippen LogP) is 4.11. The van der Waals surface area contributed by atoms with E-state index < -0.39 is 15.9 Å². The molecule has 0 aromatic heterocycles. The number of anilines is 1. The summed E-state index contributed by atoms with van der Waals surface area (Å²) in [5.74, 6) is 0.179. The molecule has 0 radical (unpaired) electrons. The van der Waals surface area contributed by atoms with Crippen molar-refractivity contribution in [2.75, 3.05) is 17.1 Å². The molecule has 1 amide bonds. The van der Waals surface area contributed by atoms with Crippen LogP contribution in [0.1, 0.15) is 27.8 Å². The molecule has 0 saturated heterocycles. The molecule has 0 spiro atoms. The van der Waals surface area contributed by atoms with Crippen molar-refractivity contribution in [1.29, 1.82) is 0 Å². The van der Waals surface area contributed by atoms with E-state index in [2.05, 4.69) is 10.5 Å². The van der Waals surface area contributed by atoms with Crippen LogP contribution in [0.25, 0.3) is 0 Å². The third-order valence-electron chi connectivity index (χ3n) is 5.12. The van der Waals surface area contributed by atoms with E-state index in [1.807, 2.05) is 81.4 Å². The number of benzene rings is 3. The number of aryl methyl sites for hydroxylation is 3. The van der Waals surface area contributed by atoms with Crippen molar-refractivity contribution < 1.29 is 17.9 Å². The highest BCUT2D eigenvalue weighted by Gasteiger charge is 2.22. The average Bonchev–Trinajstić information content (AvgIpc) is 2.78. The van der Waals surface area contributed by atoms with Crippen molar-refractivity contribution in [3.63, 3.8) is 0 Å². The molecule has 3 aromatic carbocycles. The quantitative estimate of drug-likeness (QED) is 0.370. The molecule has 0 aliphatic carbocycles. The zero-order chi connectivity index (χ0) is 24.7. The molecule has 0 fully saturated rings. The summed E-state index contributed by atoms with van der Waals surface area (Å²) in [4.78, 5) is 12.4. The van der Waals surface area contributed by atoms with Gasteiger partial charge in [0.15, 0.2) is 0 Å². The average molecular weight is 480 g/mol. The molecule has 34 heavy (non-hydrogen) atoms. The summed E-state index contributed by atoms with van der Waals surface area (Å²) in [6.45, 7) is 5.88. The number of sulfonamides is 1. The van der Waals surface area contributed by atoms with Crippen molar-refractivity contribution >= 4 is 27.8 Å². The summed E-state index contributed by atoms with van der Waals surface area (Å²) >= 11 is 0. The molecule has 0 heterocycles. The Hall–Kier alpha value is -3.65. The minimum absolute atomic E-state index is 0.369. The fraction of sp³-hybridized carbons (Fsp3) is 0.231. The molecular weight excluding hydrogens is 450 g/mol. The first kappa shape index (κ1) is 25.0. The van der Waals surface area contributed by atoms with Crippen LogP contribution in [0.15, 0.2) is 71.8 Å². The Balaban J connectivity index is 1.56. The van der Waals surface area contributed by atoms with Gasteiger partial charge in [-0.1, -0.05) is 47.5 Å². The molecule has 1 N–H and O–H groups in total. The Labute approximate surface area is 201 Å². The van der Waals surface area contributed by atoms with Gasteiger partial charge in [0.25, 0.3) is 5.91 Å². The van der Waals surface area contributed by atoms with Gasteiger partial charge in [-0.05, 0) is 67.8 Å². The van der Waals surface area contributed by atoms with Crippen molar-refractivity contribution in [1.82, 2.24) is 5.43 Å². The largest absolute Gasteiger partial charge is 0.489 e. The number of ether oxygens (including phenoxy) is 1. The zero-order valence-corrected chi connectivity index (χ0v) is 20.6. The molecule has 0 bridgehead atoms. The molecule has 3 rings (SSSR count). The van der Waals surface area contributed by atoms with Gasteiger partial charge in [0.2, 0.25) is 10.0 Å².